The molecule has 154 valence electrons. The smallest absolute Gasteiger partial charge is 0.387 e. The van der Waals surface area contributed by atoms with Crippen LogP contribution in [0.3, 0.4) is 0 Å². The summed E-state index contributed by atoms with van der Waals surface area (Å²) in [6.45, 7) is -1.30. The summed E-state index contributed by atoms with van der Waals surface area (Å²) < 4.78 is 28.7. The van der Waals surface area contributed by atoms with Crippen LogP contribution >= 0.6 is 0 Å². The summed E-state index contributed by atoms with van der Waals surface area (Å²) in [4.78, 5) is 26.8. The second kappa shape index (κ2) is 9.47. The lowest BCUT2D eigenvalue weighted by atomic mass is 10.2. The zero-order valence-corrected chi connectivity index (χ0v) is 16.2. The van der Waals surface area contributed by atoms with E-state index in [1.807, 2.05) is 19.2 Å². The number of halogens is 2. The maximum Gasteiger partial charge on any atom is 0.387 e. The molecule has 6 nitrogen and oxygen atoms in total. The third-order valence-electron chi connectivity index (χ3n) is 4.65. The fraction of sp³-hybridized carbons (Fsp3) is 0.333. The van der Waals surface area contributed by atoms with E-state index in [1.54, 1.807) is 29.2 Å². The number of carbonyl (C=O) groups excluding carboxylic acids is 2. The summed E-state index contributed by atoms with van der Waals surface area (Å²) in [5.74, 6) is 0.101. The van der Waals surface area contributed by atoms with Gasteiger partial charge in [-0.2, -0.15) is 8.78 Å². The average Bonchev–Trinajstić information content (AvgIpc) is 3.09. The van der Waals surface area contributed by atoms with Crippen molar-refractivity contribution in [2.45, 2.75) is 26.0 Å². The number of anilines is 2. The lowest BCUT2D eigenvalue weighted by Crippen LogP contribution is -3.08. The summed E-state index contributed by atoms with van der Waals surface area (Å²) in [6.07, 6.45) is 1.45. The number of hydrogen-bond donors (Lipinski definition) is 2. The molecule has 8 heteroatoms. The fourth-order valence-corrected chi connectivity index (χ4v) is 3.32. The number of benzene rings is 2. The molecule has 0 saturated carbocycles. The SMILES string of the molecule is C[NH+](CC(=O)Nc1ccc(N2CCCC2=O)cc1)Cc1ccc(OC(F)F)cc1. The van der Waals surface area contributed by atoms with Crippen LogP contribution in [0.2, 0.25) is 0 Å². The molecule has 2 aromatic rings. The predicted molar refractivity (Wildman–Crippen MR) is 105 cm³/mol. The topological polar surface area (TPSA) is 63.1 Å². The number of carbonyl (C=O) groups is 2. The molecule has 0 aliphatic carbocycles. The zero-order valence-electron chi connectivity index (χ0n) is 16.2. The van der Waals surface area contributed by atoms with Crippen molar-refractivity contribution < 1.29 is 28.0 Å². The lowest BCUT2D eigenvalue weighted by molar-refractivity contribution is -0.885. The molecule has 1 fully saturated rings. The maximum absolute atomic E-state index is 12.3. The predicted octanol–water partition coefficient (Wildman–Crippen LogP) is 2.07. The van der Waals surface area contributed by atoms with Gasteiger partial charge in [0.05, 0.1) is 7.05 Å². The Labute approximate surface area is 168 Å². The highest BCUT2D eigenvalue weighted by Crippen LogP contribution is 2.23. The van der Waals surface area contributed by atoms with E-state index in [4.69, 9.17) is 0 Å². The Bertz CT molecular complexity index is 841. The molecule has 0 spiro atoms. The van der Waals surface area contributed by atoms with Crippen molar-refractivity contribution >= 4 is 23.2 Å². The second-order valence-electron chi connectivity index (χ2n) is 7.08. The summed E-state index contributed by atoms with van der Waals surface area (Å²) >= 11 is 0. The number of amides is 2. The number of likely N-dealkylation sites (N-methyl/N-ethyl adjacent to an activating group) is 1. The minimum absolute atomic E-state index is 0.109. The number of ether oxygens (including phenoxy) is 1. The Morgan fingerprint density at radius 1 is 1.17 bits per heavy atom. The van der Waals surface area contributed by atoms with Gasteiger partial charge in [0.1, 0.15) is 12.3 Å². The summed E-state index contributed by atoms with van der Waals surface area (Å²) in [7, 11) is 1.88. The van der Waals surface area contributed by atoms with Gasteiger partial charge in [-0.1, -0.05) is 0 Å². The van der Waals surface area contributed by atoms with Crippen molar-refractivity contribution in [1.82, 2.24) is 0 Å². The van der Waals surface area contributed by atoms with Crippen molar-refractivity contribution in [2.24, 2.45) is 0 Å². The van der Waals surface area contributed by atoms with Gasteiger partial charge in [0.25, 0.3) is 5.91 Å². The highest BCUT2D eigenvalue weighted by molar-refractivity contribution is 5.96. The van der Waals surface area contributed by atoms with Crippen LogP contribution in [0.25, 0.3) is 0 Å². The molecule has 1 aliphatic rings. The van der Waals surface area contributed by atoms with Gasteiger partial charge in [-0.25, -0.2) is 0 Å². The first-order chi connectivity index (χ1) is 13.9. The van der Waals surface area contributed by atoms with Gasteiger partial charge in [0, 0.05) is 29.9 Å². The molecule has 3 rings (SSSR count). The van der Waals surface area contributed by atoms with Gasteiger partial charge in [-0.3, -0.25) is 9.59 Å². The van der Waals surface area contributed by atoms with Gasteiger partial charge in [0.15, 0.2) is 6.54 Å². The molecule has 2 N–H and O–H groups in total. The van der Waals surface area contributed by atoms with Crippen molar-refractivity contribution in [2.75, 3.05) is 30.4 Å². The maximum atomic E-state index is 12.3. The van der Waals surface area contributed by atoms with Gasteiger partial charge < -0.3 is 19.9 Å². The summed E-state index contributed by atoms with van der Waals surface area (Å²) in [5.41, 5.74) is 2.43. The third-order valence-corrected chi connectivity index (χ3v) is 4.65. The molecule has 1 atom stereocenters. The number of alkyl halides is 2. The number of quaternary nitrogens is 1. The van der Waals surface area contributed by atoms with Gasteiger partial charge in [-0.15, -0.1) is 0 Å². The van der Waals surface area contributed by atoms with Crippen LogP contribution in [0.4, 0.5) is 20.2 Å². The monoisotopic (exact) mass is 404 g/mol. The number of nitrogens with zero attached hydrogens (tertiary/aromatic N) is 1. The first-order valence-corrected chi connectivity index (χ1v) is 9.46. The third kappa shape index (κ3) is 5.99. The van der Waals surface area contributed by atoms with Crippen LogP contribution in [-0.4, -0.2) is 38.6 Å². The van der Waals surface area contributed by atoms with E-state index >= 15 is 0 Å². The molecular weight excluding hydrogens is 380 g/mol. The first kappa shape index (κ1) is 20.7. The molecule has 2 amide bonds. The molecule has 0 radical (unpaired) electrons. The van der Waals surface area contributed by atoms with E-state index in [0.29, 0.717) is 18.7 Å². The Kier molecular flexibility index (Phi) is 6.77. The molecule has 1 unspecified atom stereocenters. The zero-order chi connectivity index (χ0) is 20.8. The number of nitrogens with one attached hydrogen (secondary N) is 2. The van der Waals surface area contributed by atoms with Gasteiger partial charge in [0.2, 0.25) is 5.91 Å². The number of hydrogen-bond acceptors (Lipinski definition) is 3. The number of rotatable bonds is 8. The van der Waals surface area contributed by atoms with Crippen LogP contribution in [0, 0.1) is 0 Å². The normalized spacial score (nSPS) is 14.9. The van der Waals surface area contributed by atoms with Gasteiger partial charge in [-0.05, 0) is 55.0 Å². The van der Waals surface area contributed by atoms with E-state index < -0.39 is 6.61 Å². The minimum Gasteiger partial charge on any atom is -0.435 e. The van der Waals surface area contributed by atoms with Crippen LogP contribution < -0.4 is 19.9 Å². The van der Waals surface area contributed by atoms with E-state index in [1.165, 1.54) is 12.1 Å². The molecule has 1 heterocycles. The first-order valence-electron chi connectivity index (χ1n) is 9.46. The molecular formula is C21H24F2N3O3+. The van der Waals surface area contributed by atoms with Crippen molar-refractivity contribution in [3.8, 4) is 5.75 Å². The lowest BCUT2D eigenvalue weighted by Gasteiger charge is -2.17. The van der Waals surface area contributed by atoms with Gasteiger partial charge >= 0.3 is 6.61 Å². The molecule has 29 heavy (non-hydrogen) atoms. The molecule has 1 saturated heterocycles. The summed E-state index contributed by atoms with van der Waals surface area (Å²) in [5, 5.41) is 2.85. The van der Waals surface area contributed by atoms with Crippen LogP contribution in [-0.2, 0) is 16.1 Å². The van der Waals surface area contributed by atoms with E-state index in [0.717, 1.165) is 29.1 Å². The molecule has 0 aromatic heterocycles. The quantitative estimate of drug-likeness (QED) is 0.708. The van der Waals surface area contributed by atoms with Crippen LogP contribution in [0.15, 0.2) is 48.5 Å². The fourth-order valence-electron chi connectivity index (χ4n) is 3.32. The second-order valence-corrected chi connectivity index (χ2v) is 7.08. The minimum atomic E-state index is -2.84. The summed E-state index contributed by atoms with van der Waals surface area (Å²) in [6, 6.07) is 13.6. The van der Waals surface area contributed by atoms with Crippen LogP contribution in [0.1, 0.15) is 18.4 Å². The Morgan fingerprint density at radius 3 is 2.45 bits per heavy atom. The Hall–Kier alpha value is -3.00. The van der Waals surface area contributed by atoms with Crippen LogP contribution in [0.5, 0.6) is 5.75 Å². The molecule has 2 aromatic carbocycles. The van der Waals surface area contributed by atoms with E-state index in [9.17, 15) is 18.4 Å². The standard InChI is InChI=1S/C21H23F2N3O3/c1-25(13-15-4-10-18(11-5-15)29-21(22)23)14-19(27)24-16-6-8-17(9-7-16)26-12-2-3-20(26)28/h4-11,21H,2-3,12-14H2,1H3,(H,24,27)/p+1. The highest BCUT2D eigenvalue weighted by Gasteiger charge is 2.21. The van der Waals surface area contributed by atoms with Crippen molar-refractivity contribution in [3.05, 3.63) is 54.1 Å². The average molecular weight is 404 g/mol. The van der Waals surface area contributed by atoms with E-state index in [-0.39, 0.29) is 24.1 Å². The van der Waals surface area contributed by atoms with Crippen molar-refractivity contribution in [3.63, 3.8) is 0 Å². The Morgan fingerprint density at radius 2 is 1.86 bits per heavy atom. The largest absolute Gasteiger partial charge is 0.435 e. The van der Waals surface area contributed by atoms with Crippen molar-refractivity contribution in [1.29, 1.82) is 0 Å². The van der Waals surface area contributed by atoms with E-state index in [2.05, 4.69) is 10.1 Å². The highest BCUT2D eigenvalue weighted by atomic mass is 19.3. The Balaban J connectivity index is 1.47. The molecule has 1 aliphatic heterocycles. The molecule has 0 bridgehead atoms.